The first-order valence-electron chi connectivity index (χ1n) is 9.46. The van der Waals surface area contributed by atoms with E-state index in [1.807, 2.05) is 12.1 Å². The predicted octanol–water partition coefficient (Wildman–Crippen LogP) is 5.07. The number of anilines is 1. The molecular weight excluding hydrogens is 342 g/mol. The molecule has 2 aromatic carbocycles. The SMILES string of the molecule is CCCCCCOc1ccccc1C(=O)Nc1ccc(C(=O)OCC)cc1. The van der Waals surface area contributed by atoms with E-state index in [0.29, 0.717) is 35.8 Å². The van der Waals surface area contributed by atoms with Gasteiger partial charge in [0.2, 0.25) is 0 Å². The summed E-state index contributed by atoms with van der Waals surface area (Å²) >= 11 is 0. The Labute approximate surface area is 160 Å². The molecule has 1 amide bonds. The average Bonchev–Trinajstić information content (AvgIpc) is 2.69. The molecule has 0 aliphatic heterocycles. The van der Waals surface area contributed by atoms with Gasteiger partial charge in [-0.1, -0.05) is 38.3 Å². The van der Waals surface area contributed by atoms with Gasteiger partial charge in [0.15, 0.2) is 0 Å². The van der Waals surface area contributed by atoms with Crippen LogP contribution in [0, 0.1) is 0 Å². The van der Waals surface area contributed by atoms with Gasteiger partial charge in [0.1, 0.15) is 5.75 Å². The third-order valence-corrected chi connectivity index (χ3v) is 4.04. The molecule has 27 heavy (non-hydrogen) atoms. The summed E-state index contributed by atoms with van der Waals surface area (Å²) in [5.74, 6) is -0.0464. The monoisotopic (exact) mass is 369 g/mol. The van der Waals surface area contributed by atoms with Crippen LogP contribution < -0.4 is 10.1 Å². The minimum atomic E-state index is -0.378. The van der Waals surface area contributed by atoms with E-state index in [9.17, 15) is 9.59 Å². The molecule has 5 heteroatoms. The Morgan fingerprint density at radius 1 is 0.926 bits per heavy atom. The fourth-order valence-corrected chi connectivity index (χ4v) is 2.59. The largest absolute Gasteiger partial charge is 0.493 e. The van der Waals surface area contributed by atoms with Crippen molar-refractivity contribution in [3.05, 3.63) is 59.7 Å². The summed E-state index contributed by atoms with van der Waals surface area (Å²) in [6.07, 6.45) is 4.46. The van der Waals surface area contributed by atoms with E-state index in [1.165, 1.54) is 12.8 Å². The van der Waals surface area contributed by atoms with Crippen LogP contribution in [-0.4, -0.2) is 25.1 Å². The van der Waals surface area contributed by atoms with Crippen LogP contribution in [0.2, 0.25) is 0 Å². The standard InChI is InChI=1S/C22H27NO4/c1-3-5-6-9-16-27-20-11-8-7-10-19(20)21(24)23-18-14-12-17(13-15-18)22(25)26-4-2/h7-8,10-15H,3-6,9,16H2,1-2H3,(H,23,24). The second-order valence-corrected chi connectivity index (χ2v) is 6.16. The van der Waals surface area contributed by atoms with Gasteiger partial charge in [0.25, 0.3) is 5.91 Å². The number of carbonyl (C=O) groups is 2. The quantitative estimate of drug-likeness (QED) is 0.469. The molecule has 0 fully saturated rings. The van der Waals surface area contributed by atoms with E-state index in [4.69, 9.17) is 9.47 Å². The highest BCUT2D eigenvalue weighted by molar-refractivity contribution is 6.06. The van der Waals surface area contributed by atoms with Gasteiger partial charge in [-0.3, -0.25) is 4.79 Å². The fourth-order valence-electron chi connectivity index (χ4n) is 2.59. The Hall–Kier alpha value is -2.82. The van der Waals surface area contributed by atoms with E-state index in [0.717, 1.165) is 12.8 Å². The second-order valence-electron chi connectivity index (χ2n) is 6.16. The van der Waals surface area contributed by atoms with Gasteiger partial charge in [0.05, 0.1) is 24.3 Å². The molecule has 1 N–H and O–H groups in total. The van der Waals surface area contributed by atoms with Crippen LogP contribution in [0.15, 0.2) is 48.5 Å². The molecule has 144 valence electrons. The first-order chi connectivity index (χ1) is 13.2. The molecule has 0 heterocycles. The van der Waals surface area contributed by atoms with Crippen LogP contribution in [0.4, 0.5) is 5.69 Å². The summed E-state index contributed by atoms with van der Waals surface area (Å²) in [7, 11) is 0. The maximum absolute atomic E-state index is 12.6. The number of amides is 1. The van der Waals surface area contributed by atoms with Crippen LogP contribution in [0.25, 0.3) is 0 Å². The molecule has 0 bridgehead atoms. The van der Waals surface area contributed by atoms with E-state index < -0.39 is 0 Å². The lowest BCUT2D eigenvalue weighted by Gasteiger charge is -2.12. The van der Waals surface area contributed by atoms with Crippen molar-refractivity contribution < 1.29 is 19.1 Å². The lowest BCUT2D eigenvalue weighted by Crippen LogP contribution is -2.14. The van der Waals surface area contributed by atoms with Crippen LogP contribution >= 0.6 is 0 Å². The minimum absolute atomic E-state index is 0.247. The number of ether oxygens (including phenoxy) is 2. The molecule has 0 saturated heterocycles. The zero-order valence-corrected chi connectivity index (χ0v) is 16.0. The Bertz CT molecular complexity index is 740. The number of carbonyl (C=O) groups excluding carboxylic acids is 2. The molecule has 0 radical (unpaired) electrons. The third kappa shape index (κ3) is 6.44. The minimum Gasteiger partial charge on any atom is -0.493 e. The van der Waals surface area contributed by atoms with Gasteiger partial charge >= 0.3 is 5.97 Å². The number of nitrogens with one attached hydrogen (secondary N) is 1. The first-order valence-corrected chi connectivity index (χ1v) is 9.46. The van der Waals surface area contributed by atoms with Crippen LogP contribution in [-0.2, 0) is 4.74 Å². The Balaban J connectivity index is 1.98. The van der Waals surface area contributed by atoms with Gasteiger partial charge in [-0.15, -0.1) is 0 Å². The van der Waals surface area contributed by atoms with Gasteiger partial charge in [-0.2, -0.15) is 0 Å². The van der Waals surface area contributed by atoms with E-state index >= 15 is 0 Å². The maximum Gasteiger partial charge on any atom is 0.338 e. The van der Waals surface area contributed by atoms with E-state index in [1.54, 1.807) is 43.3 Å². The van der Waals surface area contributed by atoms with Gasteiger partial charge < -0.3 is 14.8 Å². The fraction of sp³-hybridized carbons (Fsp3) is 0.364. The van der Waals surface area contributed by atoms with Gasteiger partial charge in [-0.25, -0.2) is 4.79 Å². The highest BCUT2D eigenvalue weighted by atomic mass is 16.5. The number of rotatable bonds is 10. The number of benzene rings is 2. The highest BCUT2D eigenvalue weighted by Gasteiger charge is 2.13. The molecule has 5 nitrogen and oxygen atoms in total. The summed E-state index contributed by atoms with van der Waals surface area (Å²) in [6, 6.07) is 13.8. The summed E-state index contributed by atoms with van der Waals surface area (Å²) in [6.45, 7) is 4.85. The van der Waals surface area contributed by atoms with Crippen LogP contribution in [0.3, 0.4) is 0 Å². The summed E-state index contributed by atoms with van der Waals surface area (Å²) in [5.41, 5.74) is 1.54. The van der Waals surface area contributed by atoms with Crippen molar-refractivity contribution in [3.8, 4) is 5.75 Å². The number of unbranched alkanes of at least 4 members (excludes halogenated alkanes) is 3. The average molecular weight is 369 g/mol. The number of para-hydroxylation sites is 1. The Kier molecular flexibility index (Phi) is 8.36. The zero-order chi connectivity index (χ0) is 19.5. The zero-order valence-electron chi connectivity index (χ0n) is 16.0. The van der Waals surface area contributed by atoms with Crippen molar-refractivity contribution in [3.63, 3.8) is 0 Å². The molecule has 0 aliphatic carbocycles. The lowest BCUT2D eigenvalue weighted by molar-refractivity contribution is 0.0526. The summed E-state index contributed by atoms with van der Waals surface area (Å²) in [5, 5.41) is 2.84. The van der Waals surface area contributed by atoms with E-state index in [2.05, 4.69) is 12.2 Å². The first kappa shape index (κ1) is 20.5. The number of esters is 1. The van der Waals surface area contributed by atoms with Crippen molar-refractivity contribution in [2.75, 3.05) is 18.5 Å². The van der Waals surface area contributed by atoms with Crippen molar-refractivity contribution in [1.82, 2.24) is 0 Å². The maximum atomic E-state index is 12.6. The van der Waals surface area contributed by atoms with Crippen molar-refractivity contribution >= 4 is 17.6 Å². The number of hydrogen-bond donors (Lipinski definition) is 1. The smallest absolute Gasteiger partial charge is 0.338 e. The predicted molar refractivity (Wildman–Crippen MR) is 106 cm³/mol. The Morgan fingerprint density at radius 2 is 1.67 bits per heavy atom. The van der Waals surface area contributed by atoms with Gasteiger partial charge in [-0.05, 0) is 49.7 Å². The molecule has 0 unspecified atom stereocenters. The summed E-state index contributed by atoms with van der Waals surface area (Å²) in [4.78, 5) is 24.3. The Morgan fingerprint density at radius 3 is 2.37 bits per heavy atom. The molecule has 2 rings (SSSR count). The number of hydrogen-bond acceptors (Lipinski definition) is 4. The molecule has 0 spiro atoms. The molecular formula is C22H27NO4. The molecule has 0 aliphatic rings. The van der Waals surface area contributed by atoms with Crippen molar-refractivity contribution in [2.24, 2.45) is 0 Å². The third-order valence-electron chi connectivity index (χ3n) is 4.04. The second kappa shape index (κ2) is 11.0. The molecule has 0 atom stereocenters. The van der Waals surface area contributed by atoms with Crippen LogP contribution in [0.5, 0.6) is 5.75 Å². The summed E-state index contributed by atoms with van der Waals surface area (Å²) < 4.78 is 10.8. The topological polar surface area (TPSA) is 64.6 Å². The molecule has 0 aromatic heterocycles. The van der Waals surface area contributed by atoms with Gasteiger partial charge in [0, 0.05) is 5.69 Å². The highest BCUT2D eigenvalue weighted by Crippen LogP contribution is 2.20. The van der Waals surface area contributed by atoms with E-state index in [-0.39, 0.29) is 11.9 Å². The normalized spacial score (nSPS) is 10.3. The molecule has 0 saturated carbocycles. The van der Waals surface area contributed by atoms with Crippen molar-refractivity contribution in [2.45, 2.75) is 39.5 Å². The molecule has 2 aromatic rings. The van der Waals surface area contributed by atoms with Crippen LogP contribution in [0.1, 0.15) is 60.2 Å². The van der Waals surface area contributed by atoms with Crippen molar-refractivity contribution in [1.29, 1.82) is 0 Å². The lowest BCUT2D eigenvalue weighted by atomic mass is 10.1.